The topological polar surface area (TPSA) is 123 Å². The summed E-state index contributed by atoms with van der Waals surface area (Å²) in [6, 6.07) is 5.76. The first-order valence-electron chi connectivity index (χ1n) is 9.53. The summed E-state index contributed by atoms with van der Waals surface area (Å²) >= 11 is 0. The highest BCUT2D eigenvalue weighted by atomic mass is 16.6. The molecule has 10 heteroatoms. The number of nitrogens with one attached hydrogen (secondary N) is 1. The minimum Gasteiger partial charge on any atom is -0.466 e. The minimum absolute atomic E-state index is 0.0439. The van der Waals surface area contributed by atoms with Crippen molar-refractivity contribution in [2.75, 3.05) is 21.2 Å². The first kappa shape index (κ1) is 23.6. The first-order chi connectivity index (χ1) is 14.6. The number of nitrogens with zero attached hydrogens (tertiary/aromatic N) is 3. The molecule has 2 rings (SSSR count). The lowest BCUT2D eigenvalue weighted by molar-refractivity contribution is -0.384. The smallest absolute Gasteiger partial charge is 0.338 e. The van der Waals surface area contributed by atoms with Gasteiger partial charge in [0.1, 0.15) is 5.82 Å². The van der Waals surface area contributed by atoms with Crippen LogP contribution < -0.4 is 5.32 Å². The molecule has 1 aromatic rings. The van der Waals surface area contributed by atoms with Crippen molar-refractivity contribution in [3.8, 4) is 0 Å². The van der Waals surface area contributed by atoms with E-state index in [0.717, 1.165) is 0 Å². The van der Waals surface area contributed by atoms with Gasteiger partial charge in [0.2, 0.25) is 0 Å². The van der Waals surface area contributed by atoms with E-state index in [0.29, 0.717) is 11.3 Å². The summed E-state index contributed by atoms with van der Waals surface area (Å²) in [6.45, 7) is 5.06. The van der Waals surface area contributed by atoms with Crippen molar-refractivity contribution < 1.29 is 24.0 Å². The molecule has 0 radical (unpaired) electrons. The molecule has 1 unspecified atom stereocenters. The van der Waals surface area contributed by atoms with E-state index in [1.54, 1.807) is 45.8 Å². The molecule has 1 N–H and O–H groups in total. The van der Waals surface area contributed by atoms with Crippen molar-refractivity contribution in [3.05, 3.63) is 62.6 Å². The predicted octanol–water partition coefficient (Wildman–Crippen LogP) is 2.48. The molecule has 31 heavy (non-hydrogen) atoms. The normalized spacial score (nSPS) is 16.4. The number of non-ortho nitro benzene ring substituents is 1. The van der Waals surface area contributed by atoms with E-state index in [2.05, 4.69) is 10.3 Å². The number of methoxy groups -OCH3 is 1. The van der Waals surface area contributed by atoms with E-state index in [4.69, 9.17) is 9.47 Å². The summed E-state index contributed by atoms with van der Waals surface area (Å²) in [5.41, 5.74) is 0.804. The summed E-state index contributed by atoms with van der Waals surface area (Å²) in [4.78, 5) is 42.6. The Morgan fingerprint density at radius 3 is 2.48 bits per heavy atom. The fourth-order valence-electron chi connectivity index (χ4n) is 3.11. The molecule has 166 valence electrons. The minimum atomic E-state index is -0.978. The average Bonchev–Trinajstić information content (AvgIpc) is 2.70. The van der Waals surface area contributed by atoms with Gasteiger partial charge in [-0.3, -0.25) is 10.1 Å². The van der Waals surface area contributed by atoms with Crippen LogP contribution in [0, 0.1) is 10.1 Å². The van der Waals surface area contributed by atoms with Crippen LogP contribution in [0.4, 0.5) is 5.69 Å². The highest BCUT2D eigenvalue weighted by Crippen LogP contribution is 2.40. The van der Waals surface area contributed by atoms with Crippen LogP contribution in [0.15, 0.2) is 51.9 Å². The van der Waals surface area contributed by atoms with Crippen LogP contribution in [0.3, 0.4) is 0 Å². The van der Waals surface area contributed by atoms with Crippen molar-refractivity contribution in [1.82, 2.24) is 10.2 Å². The van der Waals surface area contributed by atoms with Crippen LogP contribution >= 0.6 is 0 Å². The third-order valence-corrected chi connectivity index (χ3v) is 4.34. The third kappa shape index (κ3) is 5.47. The van der Waals surface area contributed by atoms with E-state index in [9.17, 15) is 19.7 Å². The summed E-state index contributed by atoms with van der Waals surface area (Å²) in [5.74, 6) is -2.17. The van der Waals surface area contributed by atoms with Crippen molar-refractivity contribution >= 4 is 24.0 Å². The Kier molecular flexibility index (Phi) is 7.51. The van der Waals surface area contributed by atoms with Crippen LogP contribution in [0.25, 0.3) is 0 Å². The Balaban J connectivity index is 2.80. The van der Waals surface area contributed by atoms with Gasteiger partial charge >= 0.3 is 11.9 Å². The van der Waals surface area contributed by atoms with E-state index in [-0.39, 0.29) is 22.7 Å². The lowest BCUT2D eigenvalue weighted by Gasteiger charge is -2.30. The Hall–Kier alpha value is -3.69. The van der Waals surface area contributed by atoms with Crippen LogP contribution in [0.2, 0.25) is 0 Å². The van der Waals surface area contributed by atoms with E-state index in [1.807, 2.05) is 0 Å². The number of hydrogen-bond donors (Lipinski definition) is 1. The summed E-state index contributed by atoms with van der Waals surface area (Å²) in [6.07, 6.45) is 1.08. The third-order valence-electron chi connectivity index (χ3n) is 4.34. The van der Waals surface area contributed by atoms with Gasteiger partial charge in [-0.1, -0.05) is 12.1 Å². The van der Waals surface area contributed by atoms with Gasteiger partial charge in [0.25, 0.3) is 5.69 Å². The van der Waals surface area contributed by atoms with Gasteiger partial charge in [0.15, 0.2) is 0 Å². The first-order valence-corrected chi connectivity index (χ1v) is 9.53. The van der Waals surface area contributed by atoms with Gasteiger partial charge in [0.05, 0.1) is 41.5 Å². The number of aliphatic imine (C=N–C) groups is 1. The molecule has 0 aliphatic carbocycles. The lowest BCUT2D eigenvalue weighted by Crippen LogP contribution is -2.33. The quantitative estimate of drug-likeness (QED) is 0.230. The number of allylic oxidation sites excluding steroid dienone is 1. The molecule has 1 atom stereocenters. The van der Waals surface area contributed by atoms with Crippen LogP contribution in [0.5, 0.6) is 0 Å². The second-order valence-electron chi connectivity index (χ2n) is 7.36. The molecule has 0 amide bonds. The number of nitro benzene ring substituents is 1. The Morgan fingerprint density at radius 2 is 1.94 bits per heavy atom. The molecule has 10 nitrogen and oxygen atoms in total. The highest BCUT2D eigenvalue weighted by Gasteiger charge is 2.39. The van der Waals surface area contributed by atoms with Gasteiger partial charge in [-0.2, -0.15) is 0 Å². The molecule has 0 saturated heterocycles. The standard InChI is InChI=1S/C21H26N4O6/c1-12(2)31-21(27)16-13(3)23-19(22-11-24(4)5)18(20(26)30-6)17(16)14-8-7-9-15(10-14)25(28)29/h7-12,17,23H,1-6H3. The molecule has 0 fully saturated rings. The number of rotatable bonds is 7. The van der Waals surface area contributed by atoms with Crippen LogP contribution in [0.1, 0.15) is 32.3 Å². The number of esters is 2. The molecule has 1 aliphatic rings. The molecule has 1 aromatic carbocycles. The van der Waals surface area contributed by atoms with Gasteiger partial charge in [-0.05, 0) is 26.3 Å². The van der Waals surface area contributed by atoms with Gasteiger partial charge < -0.3 is 19.7 Å². The van der Waals surface area contributed by atoms with E-state index < -0.39 is 28.9 Å². The summed E-state index contributed by atoms with van der Waals surface area (Å²) in [7, 11) is 4.73. The molecule has 0 bridgehead atoms. The molecule has 1 aliphatic heterocycles. The number of ether oxygens (including phenoxy) is 2. The zero-order chi connectivity index (χ0) is 23.3. The number of carbonyl (C=O) groups excluding carboxylic acids is 2. The molecule has 0 aromatic heterocycles. The molecule has 0 saturated carbocycles. The molecule has 1 heterocycles. The molecule has 0 spiro atoms. The number of hydrogen-bond acceptors (Lipinski definition) is 8. The Bertz CT molecular complexity index is 978. The average molecular weight is 430 g/mol. The summed E-state index contributed by atoms with van der Waals surface area (Å²) in [5, 5.41) is 14.3. The number of benzene rings is 1. The second kappa shape index (κ2) is 9.88. The van der Waals surface area contributed by atoms with Gasteiger partial charge in [-0.15, -0.1) is 0 Å². The Morgan fingerprint density at radius 1 is 1.26 bits per heavy atom. The van der Waals surface area contributed by atoms with Crippen molar-refractivity contribution in [2.45, 2.75) is 32.8 Å². The van der Waals surface area contributed by atoms with Crippen molar-refractivity contribution in [3.63, 3.8) is 0 Å². The monoisotopic (exact) mass is 430 g/mol. The highest BCUT2D eigenvalue weighted by molar-refractivity contribution is 6.00. The van der Waals surface area contributed by atoms with Crippen LogP contribution in [-0.2, 0) is 19.1 Å². The largest absolute Gasteiger partial charge is 0.466 e. The fourth-order valence-corrected chi connectivity index (χ4v) is 3.11. The second-order valence-corrected chi connectivity index (χ2v) is 7.36. The van der Waals surface area contributed by atoms with E-state index in [1.165, 1.54) is 31.6 Å². The summed E-state index contributed by atoms with van der Waals surface area (Å²) < 4.78 is 10.4. The van der Waals surface area contributed by atoms with Gasteiger partial charge in [-0.25, -0.2) is 14.6 Å². The maximum absolute atomic E-state index is 13.0. The molecular weight excluding hydrogens is 404 g/mol. The van der Waals surface area contributed by atoms with Gasteiger partial charge in [0, 0.05) is 31.9 Å². The lowest BCUT2D eigenvalue weighted by atomic mass is 9.81. The van der Waals surface area contributed by atoms with Crippen molar-refractivity contribution in [1.29, 1.82) is 0 Å². The zero-order valence-electron chi connectivity index (χ0n) is 18.3. The Labute approximate surface area is 180 Å². The number of dihydropyridines is 1. The number of carbonyl (C=O) groups is 2. The maximum Gasteiger partial charge on any atom is 0.338 e. The van der Waals surface area contributed by atoms with Crippen LogP contribution in [-0.4, -0.2) is 55.4 Å². The fraction of sp³-hybridized carbons (Fsp3) is 0.381. The SMILES string of the molecule is COC(=O)C1=C(N=CN(C)C)NC(C)=C(C(=O)OC(C)C)C1c1cccc([N+](=O)[O-])c1. The number of nitro groups is 1. The predicted molar refractivity (Wildman–Crippen MR) is 114 cm³/mol. The van der Waals surface area contributed by atoms with E-state index >= 15 is 0 Å². The zero-order valence-corrected chi connectivity index (χ0v) is 18.3. The molecular formula is C21H26N4O6. The maximum atomic E-state index is 13.0. The van der Waals surface area contributed by atoms with Crippen molar-refractivity contribution in [2.24, 2.45) is 4.99 Å².